The van der Waals surface area contributed by atoms with E-state index in [0.29, 0.717) is 12.2 Å². The Kier molecular flexibility index (Phi) is 3.84. The predicted octanol–water partition coefficient (Wildman–Crippen LogP) is -0.676. The lowest BCUT2D eigenvalue weighted by atomic mass is 10.3. The third-order valence-electron chi connectivity index (χ3n) is 1.99. The van der Waals surface area contributed by atoms with Crippen LogP contribution in [0, 0.1) is 0 Å². The summed E-state index contributed by atoms with van der Waals surface area (Å²) in [6, 6.07) is 0. The summed E-state index contributed by atoms with van der Waals surface area (Å²) < 4.78 is 0. The Bertz CT molecular complexity index is 157. The minimum atomic E-state index is 0.193. The number of carbonyl (C=O) groups excluding carboxylic acids is 1. The van der Waals surface area contributed by atoms with Crippen molar-refractivity contribution in [3.05, 3.63) is 0 Å². The Labute approximate surface area is 78.1 Å². The van der Waals surface area contributed by atoms with Gasteiger partial charge in [-0.05, 0) is 5.75 Å². The molecule has 0 aliphatic carbocycles. The zero-order chi connectivity index (χ0) is 8.97. The number of hydrogen-bond donors (Lipinski definition) is 2. The monoisotopic (exact) mass is 189 g/mol. The molecule has 0 bridgehead atoms. The third-order valence-corrected chi connectivity index (χ3v) is 2.22. The molecule has 1 aliphatic rings. The van der Waals surface area contributed by atoms with Gasteiger partial charge in [0.15, 0.2) is 0 Å². The quantitative estimate of drug-likeness (QED) is 0.447. The van der Waals surface area contributed by atoms with Crippen LogP contribution in [0.1, 0.15) is 6.42 Å². The molecule has 70 valence electrons. The van der Waals surface area contributed by atoms with Gasteiger partial charge in [0.1, 0.15) is 0 Å². The predicted molar refractivity (Wildman–Crippen MR) is 50.8 cm³/mol. The number of hydrazine groups is 1. The molecule has 0 atom stereocenters. The molecular weight excluding hydrogens is 174 g/mol. The topological polar surface area (TPSA) is 49.6 Å². The second-order valence-corrected chi connectivity index (χ2v) is 3.34. The molecular formula is C7H15N3OS. The molecule has 1 fully saturated rings. The molecule has 0 radical (unpaired) electrons. The highest BCUT2D eigenvalue weighted by Crippen LogP contribution is 2.00. The van der Waals surface area contributed by atoms with Crippen molar-refractivity contribution < 1.29 is 4.79 Å². The van der Waals surface area contributed by atoms with Gasteiger partial charge in [-0.2, -0.15) is 12.6 Å². The van der Waals surface area contributed by atoms with E-state index in [1.165, 1.54) is 0 Å². The molecule has 0 aromatic heterocycles. The summed E-state index contributed by atoms with van der Waals surface area (Å²) in [4.78, 5) is 13.2. The Hall–Kier alpha value is -0.260. The van der Waals surface area contributed by atoms with Crippen molar-refractivity contribution in [3.8, 4) is 0 Å². The smallest absolute Gasteiger partial charge is 0.223 e. The lowest BCUT2D eigenvalue weighted by Crippen LogP contribution is -2.51. The SMILES string of the molecule is NN1CCN(C(=O)CCS)CC1. The maximum atomic E-state index is 11.3. The summed E-state index contributed by atoms with van der Waals surface area (Å²) in [6.07, 6.45) is 0.535. The Morgan fingerprint density at radius 3 is 2.42 bits per heavy atom. The number of nitrogens with two attached hydrogens (primary N) is 1. The van der Waals surface area contributed by atoms with Gasteiger partial charge < -0.3 is 4.90 Å². The van der Waals surface area contributed by atoms with E-state index in [-0.39, 0.29) is 5.91 Å². The summed E-state index contributed by atoms with van der Waals surface area (Å²) in [5.74, 6) is 6.37. The van der Waals surface area contributed by atoms with Gasteiger partial charge >= 0.3 is 0 Å². The lowest BCUT2D eigenvalue weighted by Gasteiger charge is -2.31. The maximum Gasteiger partial charge on any atom is 0.223 e. The van der Waals surface area contributed by atoms with Crippen molar-refractivity contribution in [2.75, 3.05) is 31.9 Å². The van der Waals surface area contributed by atoms with Gasteiger partial charge in [-0.3, -0.25) is 10.6 Å². The molecule has 2 N–H and O–H groups in total. The van der Waals surface area contributed by atoms with Gasteiger partial charge in [0.2, 0.25) is 5.91 Å². The minimum absolute atomic E-state index is 0.193. The van der Waals surface area contributed by atoms with Crippen LogP contribution in [0.15, 0.2) is 0 Å². The van der Waals surface area contributed by atoms with E-state index in [0.717, 1.165) is 26.2 Å². The van der Waals surface area contributed by atoms with E-state index < -0.39 is 0 Å². The molecule has 0 unspecified atom stereocenters. The Morgan fingerprint density at radius 2 is 1.92 bits per heavy atom. The molecule has 0 spiro atoms. The van der Waals surface area contributed by atoms with Crippen LogP contribution >= 0.6 is 12.6 Å². The van der Waals surface area contributed by atoms with Crippen LogP contribution in [-0.2, 0) is 4.79 Å². The van der Waals surface area contributed by atoms with Crippen LogP contribution in [0.3, 0.4) is 0 Å². The van der Waals surface area contributed by atoms with Crippen molar-refractivity contribution in [1.29, 1.82) is 0 Å². The van der Waals surface area contributed by atoms with E-state index in [1.807, 2.05) is 4.90 Å². The van der Waals surface area contributed by atoms with Crippen LogP contribution in [0.4, 0.5) is 0 Å². The van der Waals surface area contributed by atoms with Gasteiger partial charge in [-0.25, -0.2) is 5.01 Å². The van der Waals surface area contributed by atoms with Gasteiger partial charge in [0.05, 0.1) is 0 Å². The van der Waals surface area contributed by atoms with Crippen LogP contribution in [0.25, 0.3) is 0 Å². The van der Waals surface area contributed by atoms with E-state index in [1.54, 1.807) is 5.01 Å². The largest absolute Gasteiger partial charge is 0.340 e. The number of piperazine rings is 1. The molecule has 0 saturated carbocycles. The second kappa shape index (κ2) is 4.69. The van der Waals surface area contributed by atoms with Crippen molar-refractivity contribution in [2.45, 2.75) is 6.42 Å². The highest BCUT2D eigenvalue weighted by Gasteiger charge is 2.17. The average Bonchev–Trinajstić information content (AvgIpc) is 2.06. The van der Waals surface area contributed by atoms with Gasteiger partial charge in [-0.1, -0.05) is 0 Å². The molecule has 12 heavy (non-hydrogen) atoms. The normalized spacial score (nSPS) is 19.7. The van der Waals surface area contributed by atoms with Crippen molar-refractivity contribution in [2.24, 2.45) is 5.84 Å². The molecule has 1 heterocycles. The van der Waals surface area contributed by atoms with E-state index in [9.17, 15) is 4.79 Å². The number of hydrogen-bond acceptors (Lipinski definition) is 4. The van der Waals surface area contributed by atoms with E-state index in [2.05, 4.69) is 12.6 Å². The first-order valence-electron chi connectivity index (χ1n) is 4.12. The molecule has 4 nitrogen and oxygen atoms in total. The number of thiol groups is 1. The van der Waals surface area contributed by atoms with Gasteiger partial charge in [0, 0.05) is 32.6 Å². The first kappa shape index (κ1) is 9.83. The van der Waals surface area contributed by atoms with Crippen molar-refractivity contribution in [3.63, 3.8) is 0 Å². The minimum Gasteiger partial charge on any atom is -0.340 e. The third kappa shape index (κ3) is 2.66. The summed E-state index contributed by atoms with van der Waals surface area (Å²) in [5.41, 5.74) is 0. The standard InChI is InChI=1S/C7H15N3OS/c8-10-4-2-9(3-5-10)7(11)1-6-12/h12H,1-6,8H2. The number of amides is 1. The van der Waals surface area contributed by atoms with E-state index in [4.69, 9.17) is 5.84 Å². The van der Waals surface area contributed by atoms with Crippen LogP contribution < -0.4 is 5.84 Å². The second-order valence-electron chi connectivity index (χ2n) is 2.89. The molecule has 1 amide bonds. The highest BCUT2D eigenvalue weighted by molar-refractivity contribution is 7.80. The number of carbonyl (C=O) groups is 1. The van der Waals surface area contributed by atoms with Crippen LogP contribution in [0.5, 0.6) is 0 Å². The first-order valence-corrected chi connectivity index (χ1v) is 4.75. The molecule has 0 aromatic rings. The highest BCUT2D eigenvalue weighted by atomic mass is 32.1. The zero-order valence-corrected chi connectivity index (χ0v) is 7.96. The van der Waals surface area contributed by atoms with Gasteiger partial charge in [-0.15, -0.1) is 0 Å². The van der Waals surface area contributed by atoms with Crippen molar-refractivity contribution in [1.82, 2.24) is 9.91 Å². The Morgan fingerprint density at radius 1 is 1.33 bits per heavy atom. The molecule has 0 aromatic carbocycles. The molecule has 1 rings (SSSR count). The zero-order valence-electron chi connectivity index (χ0n) is 7.07. The van der Waals surface area contributed by atoms with E-state index >= 15 is 0 Å². The number of rotatable bonds is 2. The summed E-state index contributed by atoms with van der Waals surface area (Å²) in [7, 11) is 0. The average molecular weight is 189 g/mol. The maximum absolute atomic E-state index is 11.3. The van der Waals surface area contributed by atoms with Gasteiger partial charge in [0.25, 0.3) is 0 Å². The van der Waals surface area contributed by atoms with Crippen LogP contribution in [-0.4, -0.2) is 47.7 Å². The summed E-state index contributed by atoms with van der Waals surface area (Å²) in [6.45, 7) is 3.06. The number of nitrogens with zero attached hydrogens (tertiary/aromatic N) is 2. The fourth-order valence-electron chi connectivity index (χ4n) is 1.23. The lowest BCUT2D eigenvalue weighted by molar-refractivity contribution is -0.132. The first-order chi connectivity index (χ1) is 5.74. The summed E-state index contributed by atoms with van der Waals surface area (Å²) >= 11 is 4.01. The molecule has 5 heteroatoms. The Balaban J connectivity index is 2.29. The fourth-order valence-corrected chi connectivity index (χ4v) is 1.42. The molecule has 1 aliphatic heterocycles. The van der Waals surface area contributed by atoms with Crippen LogP contribution in [0.2, 0.25) is 0 Å². The summed E-state index contributed by atoms with van der Waals surface area (Å²) in [5, 5.41) is 1.74. The van der Waals surface area contributed by atoms with Crippen molar-refractivity contribution >= 4 is 18.5 Å². The fraction of sp³-hybridized carbons (Fsp3) is 0.857. The molecule has 1 saturated heterocycles.